The van der Waals surface area contributed by atoms with Crippen molar-refractivity contribution < 1.29 is 4.74 Å². The smallest absolute Gasteiger partial charge is 0.144 e. The van der Waals surface area contributed by atoms with Gasteiger partial charge in [0.1, 0.15) is 5.82 Å². The van der Waals surface area contributed by atoms with E-state index in [2.05, 4.69) is 42.1 Å². The van der Waals surface area contributed by atoms with Gasteiger partial charge in [0.2, 0.25) is 0 Å². The van der Waals surface area contributed by atoms with E-state index in [0.717, 1.165) is 31.0 Å². The van der Waals surface area contributed by atoms with Crippen molar-refractivity contribution in [1.29, 1.82) is 0 Å². The predicted molar refractivity (Wildman–Crippen MR) is 72.0 cm³/mol. The Hall–Kier alpha value is -1.17. The SMILES string of the molecule is CC1CN(Cc2cccnc2NN)CC(C)(C)O1. The number of hydrogen-bond donors (Lipinski definition) is 2. The fourth-order valence-corrected chi connectivity index (χ4v) is 2.64. The third kappa shape index (κ3) is 3.19. The molecule has 0 amide bonds. The molecule has 5 heteroatoms. The molecule has 0 aromatic carbocycles. The summed E-state index contributed by atoms with van der Waals surface area (Å²) in [5, 5.41) is 0. The molecule has 0 aliphatic carbocycles. The van der Waals surface area contributed by atoms with Gasteiger partial charge < -0.3 is 10.2 Å². The third-order valence-electron chi connectivity index (χ3n) is 3.06. The van der Waals surface area contributed by atoms with Crippen LogP contribution in [0.25, 0.3) is 0 Å². The molecule has 2 heterocycles. The molecule has 5 nitrogen and oxygen atoms in total. The number of morpholine rings is 1. The van der Waals surface area contributed by atoms with Crippen molar-refractivity contribution >= 4 is 5.82 Å². The molecule has 0 saturated carbocycles. The van der Waals surface area contributed by atoms with Gasteiger partial charge in [0, 0.05) is 31.4 Å². The Bertz CT molecular complexity index is 408. The standard InChI is InChI=1S/C13H22N4O/c1-10-7-17(9-13(2,3)18-10)8-11-5-4-6-15-12(11)16-14/h4-6,10H,7-9,14H2,1-3H3,(H,15,16). The quantitative estimate of drug-likeness (QED) is 0.626. The summed E-state index contributed by atoms with van der Waals surface area (Å²) in [7, 11) is 0. The van der Waals surface area contributed by atoms with E-state index < -0.39 is 0 Å². The maximum absolute atomic E-state index is 5.90. The fraction of sp³-hybridized carbons (Fsp3) is 0.615. The number of nitrogens with two attached hydrogens (primary N) is 1. The molecular formula is C13H22N4O. The molecule has 0 spiro atoms. The maximum atomic E-state index is 5.90. The largest absolute Gasteiger partial charge is 0.370 e. The number of anilines is 1. The van der Waals surface area contributed by atoms with Crippen LogP contribution in [0.1, 0.15) is 26.3 Å². The monoisotopic (exact) mass is 250 g/mol. The van der Waals surface area contributed by atoms with E-state index in [1.165, 1.54) is 0 Å². The topological polar surface area (TPSA) is 63.4 Å². The molecule has 0 radical (unpaired) electrons. The number of nitrogens with zero attached hydrogens (tertiary/aromatic N) is 2. The van der Waals surface area contributed by atoms with Gasteiger partial charge in [-0.25, -0.2) is 10.8 Å². The van der Waals surface area contributed by atoms with E-state index in [9.17, 15) is 0 Å². The van der Waals surface area contributed by atoms with Gasteiger partial charge in [-0.2, -0.15) is 0 Å². The minimum absolute atomic E-state index is 0.101. The van der Waals surface area contributed by atoms with Crippen molar-refractivity contribution in [3.63, 3.8) is 0 Å². The van der Waals surface area contributed by atoms with Crippen LogP contribution >= 0.6 is 0 Å². The van der Waals surface area contributed by atoms with Gasteiger partial charge in [-0.3, -0.25) is 4.90 Å². The Balaban J connectivity index is 2.09. The fourth-order valence-electron chi connectivity index (χ4n) is 2.64. The van der Waals surface area contributed by atoms with Gasteiger partial charge in [-0.15, -0.1) is 0 Å². The minimum atomic E-state index is -0.101. The summed E-state index contributed by atoms with van der Waals surface area (Å²) in [5.41, 5.74) is 3.66. The molecule has 1 aromatic heterocycles. The lowest BCUT2D eigenvalue weighted by Crippen LogP contribution is -2.51. The predicted octanol–water partition coefficient (Wildman–Crippen LogP) is 1.37. The highest BCUT2D eigenvalue weighted by Gasteiger charge is 2.31. The average molecular weight is 250 g/mol. The summed E-state index contributed by atoms with van der Waals surface area (Å²) in [4.78, 5) is 6.60. The van der Waals surface area contributed by atoms with Crippen LogP contribution in [0, 0.1) is 0 Å². The zero-order chi connectivity index (χ0) is 13.2. The second kappa shape index (κ2) is 5.22. The highest BCUT2D eigenvalue weighted by Crippen LogP contribution is 2.23. The van der Waals surface area contributed by atoms with Crippen LogP contribution in [0.4, 0.5) is 5.82 Å². The first kappa shape index (κ1) is 13.3. The Kier molecular flexibility index (Phi) is 3.85. The lowest BCUT2D eigenvalue weighted by Gasteiger charge is -2.41. The molecule has 100 valence electrons. The number of hydrogen-bond acceptors (Lipinski definition) is 5. The number of rotatable bonds is 3. The molecule has 1 unspecified atom stereocenters. The number of aromatic nitrogens is 1. The number of nitrogens with one attached hydrogen (secondary N) is 1. The van der Waals surface area contributed by atoms with Gasteiger partial charge in [-0.1, -0.05) is 6.07 Å². The Labute approximate surface area is 108 Å². The first-order chi connectivity index (χ1) is 8.50. The number of pyridine rings is 1. The zero-order valence-corrected chi connectivity index (χ0v) is 11.3. The molecule has 1 saturated heterocycles. The van der Waals surface area contributed by atoms with Crippen molar-refractivity contribution in [3.05, 3.63) is 23.9 Å². The molecule has 3 N–H and O–H groups in total. The molecule has 1 atom stereocenters. The second-order valence-corrected chi connectivity index (χ2v) is 5.51. The molecule has 1 aliphatic heterocycles. The molecule has 18 heavy (non-hydrogen) atoms. The van der Waals surface area contributed by atoms with Crippen LogP contribution in [-0.2, 0) is 11.3 Å². The average Bonchev–Trinajstić information content (AvgIpc) is 2.27. The van der Waals surface area contributed by atoms with Crippen molar-refractivity contribution in [2.45, 2.75) is 39.0 Å². The van der Waals surface area contributed by atoms with Crippen molar-refractivity contribution in [2.75, 3.05) is 18.5 Å². The first-order valence-corrected chi connectivity index (χ1v) is 6.31. The van der Waals surface area contributed by atoms with Crippen LogP contribution < -0.4 is 11.3 Å². The summed E-state index contributed by atoms with van der Waals surface area (Å²) in [5.74, 6) is 6.23. The Morgan fingerprint density at radius 2 is 2.39 bits per heavy atom. The summed E-state index contributed by atoms with van der Waals surface area (Å²) in [6.07, 6.45) is 1.99. The van der Waals surface area contributed by atoms with E-state index in [1.807, 2.05) is 6.07 Å². The van der Waals surface area contributed by atoms with Gasteiger partial charge in [0.25, 0.3) is 0 Å². The number of nitrogen functional groups attached to an aromatic ring is 1. The van der Waals surface area contributed by atoms with Crippen LogP contribution in [0.5, 0.6) is 0 Å². The van der Waals surface area contributed by atoms with Gasteiger partial charge in [0.15, 0.2) is 0 Å². The summed E-state index contributed by atoms with van der Waals surface area (Å²) < 4.78 is 5.90. The van der Waals surface area contributed by atoms with E-state index in [4.69, 9.17) is 10.6 Å². The number of hydrazine groups is 1. The molecule has 0 bridgehead atoms. The van der Waals surface area contributed by atoms with E-state index in [1.54, 1.807) is 6.20 Å². The van der Waals surface area contributed by atoms with Crippen LogP contribution in [0.3, 0.4) is 0 Å². The van der Waals surface area contributed by atoms with Crippen LogP contribution in [0.15, 0.2) is 18.3 Å². The molecule has 2 rings (SSSR count). The van der Waals surface area contributed by atoms with E-state index >= 15 is 0 Å². The third-order valence-corrected chi connectivity index (χ3v) is 3.06. The second-order valence-electron chi connectivity index (χ2n) is 5.51. The summed E-state index contributed by atoms with van der Waals surface area (Å²) in [6.45, 7) is 9.05. The number of ether oxygens (including phenoxy) is 1. The molecule has 1 aromatic rings. The summed E-state index contributed by atoms with van der Waals surface area (Å²) in [6, 6.07) is 3.99. The van der Waals surface area contributed by atoms with Crippen molar-refractivity contribution in [1.82, 2.24) is 9.88 Å². The first-order valence-electron chi connectivity index (χ1n) is 6.31. The van der Waals surface area contributed by atoms with E-state index in [-0.39, 0.29) is 11.7 Å². The van der Waals surface area contributed by atoms with Crippen LogP contribution in [-0.4, -0.2) is 34.7 Å². The highest BCUT2D eigenvalue weighted by atomic mass is 16.5. The Morgan fingerprint density at radius 3 is 3.06 bits per heavy atom. The summed E-state index contributed by atoms with van der Waals surface area (Å²) >= 11 is 0. The maximum Gasteiger partial charge on any atom is 0.144 e. The molecule has 1 fully saturated rings. The normalized spacial score (nSPS) is 23.9. The highest BCUT2D eigenvalue weighted by molar-refractivity contribution is 5.42. The minimum Gasteiger partial charge on any atom is -0.370 e. The van der Waals surface area contributed by atoms with Crippen molar-refractivity contribution in [2.24, 2.45) is 5.84 Å². The lowest BCUT2D eigenvalue weighted by atomic mass is 10.0. The van der Waals surface area contributed by atoms with Gasteiger partial charge in [0.05, 0.1) is 11.7 Å². The van der Waals surface area contributed by atoms with Crippen molar-refractivity contribution in [3.8, 4) is 0 Å². The lowest BCUT2D eigenvalue weighted by molar-refractivity contribution is -0.130. The van der Waals surface area contributed by atoms with E-state index in [0.29, 0.717) is 0 Å². The van der Waals surface area contributed by atoms with Crippen LogP contribution in [0.2, 0.25) is 0 Å². The van der Waals surface area contributed by atoms with Gasteiger partial charge in [-0.05, 0) is 26.8 Å². The van der Waals surface area contributed by atoms with Gasteiger partial charge >= 0.3 is 0 Å². The Morgan fingerprint density at radius 1 is 1.61 bits per heavy atom. The zero-order valence-electron chi connectivity index (χ0n) is 11.3. The molecule has 1 aliphatic rings. The molecular weight excluding hydrogens is 228 g/mol.